The summed E-state index contributed by atoms with van der Waals surface area (Å²) in [6.07, 6.45) is -0.569. The van der Waals surface area contributed by atoms with Crippen LogP contribution in [-0.4, -0.2) is 55.5 Å². The van der Waals surface area contributed by atoms with E-state index in [9.17, 15) is 13.5 Å². The summed E-state index contributed by atoms with van der Waals surface area (Å²) in [5, 5.41) is 10.8. The molecule has 1 aliphatic rings. The minimum Gasteiger partial charge on any atom is -0.387 e. The molecule has 134 valence electrons. The quantitative estimate of drug-likeness (QED) is 0.865. The fourth-order valence-electron chi connectivity index (χ4n) is 2.93. The predicted molar refractivity (Wildman–Crippen MR) is 98.1 cm³/mol. The Bertz CT molecular complexity index is 789. The number of aliphatic hydroxyl groups is 1. The standard InChI is InChI=1S/C18H21ClN2O3S/c19-16-6-8-17(9-7-16)25(23,24)21-12-10-20(11-13-21)14-18(22)15-4-2-1-3-5-15/h1-9,18,22H,10-14H2. The lowest BCUT2D eigenvalue weighted by atomic mass is 10.1. The minimum atomic E-state index is -3.50. The number of nitrogens with zero attached hydrogens (tertiary/aromatic N) is 2. The van der Waals surface area contributed by atoms with Crippen LogP contribution in [0, 0.1) is 0 Å². The van der Waals surface area contributed by atoms with E-state index in [4.69, 9.17) is 11.6 Å². The van der Waals surface area contributed by atoms with Crippen LogP contribution >= 0.6 is 11.6 Å². The van der Waals surface area contributed by atoms with Gasteiger partial charge in [-0.3, -0.25) is 4.90 Å². The van der Waals surface area contributed by atoms with E-state index in [1.807, 2.05) is 30.3 Å². The molecule has 5 nitrogen and oxygen atoms in total. The minimum absolute atomic E-state index is 0.259. The van der Waals surface area contributed by atoms with Gasteiger partial charge in [0.1, 0.15) is 0 Å². The van der Waals surface area contributed by atoms with E-state index in [2.05, 4.69) is 4.90 Å². The molecule has 0 spiro atoms. The topological polar surface area (TPSA) is 60.9 Å². The van der Waals surface area contributed by atoms with Gasteiger partial charge in [0.05, 0.1) is 11.0 Å². The highest BCUT2D eigenvalue weighted by Gasteiger charge is 2.29. The SMILES string of the molecule is O=S(=O)(c1ccc(Cl)cc1)N1CCN(CC(O)c2ccccc2)CC1. The molecule has 3 rings (SSSR count). The lowest BCUT2D eigenvalue weighted by Crippen LogP contribution is -2.49. The Morgan fingerprint density at radius 3 is 2.16 bits per heavy atom. The number of benzene rings is 2. The second kappa shape index (κ2) is 7.85. The number of aliphatic hydroxyl groups excluding tert-OH is 1. The molecule has 7 heteroatoms. The molecule has 25 heavy (non-hydrogen) atoms. The summed E-state index contributed by atoms with van der Waals surface area (Å²) in [6.45, 7) is 2.51. The Kier molecular flexibility index (Phi) is 5.76. The zero-order valence-corrected chi connectivity index (χ0v) is 15.3. The molecule has 1 N–H and O–H groups in total. The van der Waals surface area contributed by atoms with Crippen molar-refractivity contribution >= 4 is 21.6 Å². The first-order chi connectivity index (χ1) is 12.0. The zero-order chi connectivity index (χ0) is 17.9. The van der Waals surface area contributed by atoms with Crippen molar-refractivity contribution in [3.05, 3.63) is 65.2 Å². The number of halogens is 1. The molecule has 1 atom stereocenters. The van der Waals surface area contributed by atoms with Gasteiger partial charge in [-0.15, -0.1) is 0 Å². The molecule has 2 aromatic rings. The van der Waals surface area contributed by atoms with Gasteiger partial charge in [-0.1, -0.05) is 41.9 Å². The van der Waals surface area contributed by atoms with E-state index in [-0.39, 0.29) is 4.90 Å². The first kappa shape index (κ1) is 18.4. The average molecular weight is 381 g/mol. The molecule has 1 saturated heterocycles. The van der Waals surface area contributed by atoms with Crippen molar-refractivity contribution in [3.63, 3.8) is 0 Å². The molecular formula is C18H21ClN2O3S. The maximum atomic E-state index is 12.7. The van der Waals surface area contributed by atoms with Gasteiger partial charge >= 0.3 is 0 Å². The van der Waals surface area contributed by atoms with Gasteiger partial charge in [-0.2, -0.15) is 4.31 Å². The van der Waals surface area contributed by atoms with Crippen LogP contribution in [0.25, 0.3) is 0 Å². The molecule has 0 saturated carbocycles. The molecule has 0 aromatic heterocycles. The first-order valence-electron chi connectivity index (χ1n) is 8.18. The maximum Gasteiger partial charge on any atom is 0.243 e. The van der Waals surface area contributed by atoms with E-state index in [0.717, 1.165) is 5.56 Å². The molecule has 1 aliphatic heterocycles. The van der Waals surface area contributed by atoms with Crippen molar-refractivity contribution in [2.24, 2.45) is 0 Å². The summed E-state index contributed by atoms with van der Waals surface area (Å²) in [4.78, 5) is 2.35. The van der Waals surface area contributed by atoms with Crippen LogP contribution in [0.3, 0.4) is 0 Å². The van der Waals surface area contributed by atoms with E-state index in [0.29, 0.717) is 37.7 Å². The monoisotopic (exact) mass is 380 g/mol. The van der Waals surface area contributed by atoms with Crippen LogP contribution in [0.2, 0.25) is 5.02 Å². The van der Waals surface area contributed by atoms with Gasteiger partial charge in [0.2, 0.25) is 10.0 Å². The fourth-order valence-corrected chi connectivity index (χ4v) is 4.48. The van der Waals surface area contributed by atoms with Gasteiger partial charge in [0, 0.05) is 37.7 Å². The lowest BCUT2D eigenvalue weighted by Gasteiger charge is -2.35. The number of hydrogen-bond acceptors (Lipinski definition) is 4. The Labute approximate surface area is 153 Å². The van der Waals surface area contributed by atoms with Crippen LogP contribution in [0.15, 0.2) is 59.5 Å². The number of piperazine rings is 1. The van der Waals surface area contributed by atoms with Crippen molar-refractivity contribution in [3.8, 4) is 0 Å². The maximum absolute atomic E-state index is 12.7. The van der Waals surface area contributed by atoms with Crippen LogP contribution in [-0.2, 0) is 10.0 Å². The highest BCUT2D eigenvalue weighted by atomic mass is 35.5. The third-order valence-corrected chi connectivity index (χ3v) is 6.56. The largest absolute Gasteiger partial charge is 0.387 e. The number of β-amino-alcohol motifs (C(OH)–C–C–N with tert-alkyl or cyclic N) is 1. The molecule has 0 radical (unpaired) electrons. The molecule has 1 heterocycles. The average Bonchev–Trinajstić information content (AvgIpc) is 2.63. The van der Waals surface area contributed by atoms with Gasteiger partial charge < -0.3 is 5.11 Å². The predicted octanol–water partition coefficient (Wildman–Crippen LogP) is 2.38. The zero-order valence-electron chi connectivity index (χ0n) is 13.8. The van der Waals surface area contributed by atoms with Crippen LogP contribution < -0.4 is 0 Å². The van der Waals surface area contributed by atoms with E-state index >= 15 is 0 Å². The van der Waals surface area contributed by atoms with Crippen LogP contribution in [0.5, 0.6) is 0 Å². The molecule has 0 bridgehead atoms. The summed E-state index contributed by atoms with van der Waals surface area (Å²) in [6, 6.07) is 15.7. The molecule has 0 aliphatic carbocycles. The summed E-state index contributed by atoms with van der Waals surface area (Å²) in [5.74, 6) is 0. The van der Waals surface area contributed by atoms with Gasteiger partial charge in [-0.05, 0) is 29.8 Å². The molecular weight excluding hydrogens is 360 g/mol. The first-order valence-corrected chi connectivity index (χ1v) is 10.00. The van der Waals surface area contributed by atoms with E-state index < -0.39 is 16.1 Å². The molecule has 1 fully saturated rings. The third-order valence-electron chi connectivity index (χ3n) is 4.40. The van der Waals surface area contributed by atoms with Crippen molar-refractivity contribution in [2.45, 2.75) is 11.0 Å². The van der Waals surface area contributed by atoms with Gasteiger partial charge in [0.25, 0.3) is 0 Å². The van der Waals surface area contributed by atoms with Crippen LogP contribution in [0.1, 0.15) is 11.7 Å². The Morgan fingerprint density at radius 1 is 0.960 bits per heavy atom. The second-order valence-corrected chi connectivity index (χ2v) is 8.46. The third kappa shape index (κ3) is 4.40. The van der Waals surface area contributed by atoms with Crippen molar-refractivity contribution in [1.82, 2.24) is 9.21 Å². The molecule has 2 aromatic carbocycles. The summed E-state index contributed by atoms with van der Waals surface area (Å²) >= 11 is 5.83. The normalized spacial score (nSPS) is 18.2. The summed E-state index contributed by atoms with van der Waals surface area (Å²) in [7, 11) is -3.50. The Balaban J connectivity index is 1.59. The van der Waals surface area contributed by atoms with Crippen LogP contribution in [0.4, 0.5) is 0 Å². The van der Waals surface area contributed by atoms with Gasteiger partial charge in [0.15, 0.2) is 0 Å². The van der Waals surface area contributed by atoms with Crippen molar-refractivity contribution < 1.29 is 13.5 Å². The summed E-state index contributed by atoms with van der Waals surface area (Å²) in [5.41, 5.74) is 0.874. The highest BCUT2D eigenvalue weighted by molar-refractivity contribution is 7.89. The number of rotatable bonds is 5. The van der Waals surface area contributed by atoms with Crippen molar-refractivity contribution in [2.75, 3.05) is 32.7 Å². The lowest BCUT2D eigenvalue weighted by molar-refractivity contribution is 0.0921. The fraction of sp³-hybridized carbons (Fsp3) is 0.333. The second-order valence-electron chi connectivity index (χ2n) is 6.09. The van der Waals surface area contributed by atoms with E-state index in [1.54, 1.807) is 12.1 Å². The van der Waals surface area contributed by atoms with E-state index in [1.165, 1.54) is 16.4 Å². The van der Waals surface area contributed by atoms with Crippen molar-refractivity contribution in [1.29, 1.82) is 0 Å². The summed E-state index contributed by atoms with van der Waals surface area (Å²) < 4.78 is 26.8. The highest BCUT2D eigenvalue weighted by Crippen LogP contribution is 2.21. The molecule has 1 unspecified atom stereocenters. The number of sulfonamides is 1. The smallest absolute Gasteiger partial charge is 0.243 e. The molecule has 0 amide bonds. The number of hydrogen-bond donors (Lipinski definition) is 1. The van der Waals surface area contributed by atoms with Gasteiger partial charge in [-0.25, -0.2) is 8.42 Å². The Morgan fingerprint density at radius 2 is 1.56 bits per heavy atom. The Hall–Kier alpha value is -1.44.